The first-order valence-corrected chi connectivity index (χ1v) is 7.19. The Morgan fingerprint density at radius 3 is 2.65 bits per heavy atom. The van der Waals surface area contributed by atoms with Crippen molar-refractivity contribution < 1.29 is 4.74 Å². The van der Waals surface area contributed by atoms with Crippen LogP contribution in [0.4, 0.5) is 5.95 Å². The second-order valence-corrected chi connectivity index (χ2v) is 5.25. The summed E-state index contributed by atoms with van der Waals surface area (Å²) >= 11 is 7.22. The summed E-state index contributed by atoms with van der Waals surface area (Å²) in [5, 5.41) is 1.18. The molecule has 0 aliphatic carbocycles. The van der Waals surface area contributed by atoms with Crippen LogP contribution in [-0.4, -0.2) is 21.6 Å². The van der Waals surface area contributed by atoms with Gasteiger partial charge in [-0.2, -0.15) is 15.0 Å². The molecule has 0 fully saturated rings. The molecule has 8 heteroatoms. The Labute approximate surface area is 126 Å². The number of anilines is 1. The number of nitrogen functional groups attached to an aromatic ring is 1. The van der Waals surface area contributed by atoms with Crippen molar-refractivity contribution in [3.05, 3.63) is 29.3 Å². The molecule has 1 aromatic carbocycles. The molecule has 0 amide bonds. The van der Waals surface area contributed by atoms with Crippen molar-refractivity contribution in [3.8, 4) is 6.01 Å². The lowest BCUT2D eigenvalue weighted by Gasteiger charge is -2.07. The molecule has 2 rings (SSSR count). The monoisotopic (exact) mass is 311 g/mol. The summed E-state index contributed by atoms with van der Waals surface area (Å²) in [4.78, 5) is 13.4. The maximum Gasteiger partial charge on any atom is 0.322 e. The molecule has 20 heavy (non-hydrogen) atoms. The van der Waals surface area contributed by atoms with E-state index in [1.54, 1.807) is 0 Å². The molecule has 1 heterocycles. The number of ether oxygens (including phenoxy) is 1. The van der Waals surface area contributed by atoms with Gasteiger partial charge in [-0.1, -0.05) is 18.5 Å². The molecule has 0 bridgehead atoms. The van der Waals surface area contributed by atoms with Gasteiger partial charge in [-0.25, -0.2) is 5.84 Å². The van der Waals surface area contributed by atoms with Gasteiger partial charge < -0.3 is 4.74 Å². The Morgan fingerprint density at radius 2 is 2.00 bits per heavy atom. The van der Waals surface area contributed by atoms with Gasteiger partial charge in [0.25, 0.3) is 0 Å². The lowest BCUT2D eigenvalue weighted by Crippen LogP contribution is -2.13. The number of rotatable bonds is 6. The zero-order valence-electron chi connectivity index (χ0n) is 10.8. The SMILES string of the molecule is CCCOc1nc(NN)nc(Sc2ccc(Cl)cc2)n1. The number of nitrogens with one attached hydrogen (secondary N) is 1. The highest BCUT2D eigenvalue weighted by Gasteiger charge is 2.08. The van der Waals surface area contributed by atoms with Crippen LogP contribution in [0.1, 0.15) is 13.3 Å². The van der Waals surface area contributed by atoms with Gasteiger partial charge >= 0.3 is 6.01 Å². The second-order valence-electron chi connectivity index (χ2n) is 3.77. The summed E-state index contributed by atoms with van der Waals surface area (Å²) in [6.07, 6.45) is 0.872. The van der Waals surface area contributed by atoms with Crippen LogP contribution < -0.4 is 16.0 Å². The fourth-order valence-corrected chi connectivity index (χ4v) is 2.18. The molecule has 0 spiro atoms. The van der Waals surface area contributed by atoms with Crippen LogP contribution in [0.5, 0.6) is 6.01 Å². The number of aromatic nitrogens is 3. The van der Waals surface area contributed by atoms with Crippen molar-refractivity contribution in [3.63, 3.8) is 0 Å². The van der Waals surface area contributed by atoms with E-state index in [1.165, 1.54) is 11.8 Å². The molecular weight excluding hydrogens is 298 g/mol. The molecule has 1 aromatic heterocycles. The van der Waals surface area contributed by atoms with E-state index in [-0.39, 0.29) is 12.0 Å². The minimum Gasteiger partial charge on any atom is -0.463 e. The van der Waals surface area contributed by atoms with Crippen molar-refractivity contribution in [1.29, 1.82) is 0 Å². The van der Waals surface area contributed by atoms with E-state index >= 15 is 0 Å². The van der Waals surface area contributed by atoms with E-state index < -0.39 is 0 Å². The molecule has 0 saturated heterocycles. The van der Waals surface area contributed by atoms with E-state index in [2.05, 4.69) is 20.4 Å². The molecule has 0 unspecified atom stereocenters. The third-order valence-corrected chi connectivity index (χ3v) is 3.31. The zero-order chi connectivity index (χ0) is 14.4. The van der Waals surface area contributed by atoms with E-state index in [4.69, 9.17) is 22.2 Å². The van der Waals surface area contributed by atoms with Gasteiger partial charge in [-0.15, -0.1) is 0 Å². The highest BCUT2D eigenvalue weighted by Crippen LogP contribution is 2.27. The predicted octanol–water partition coefficient (Wildman–Crippen LogP) is 2.75. The second kappa shape index (κ2) is 7.28. The summed E-state index contributed by atoms with van der Waals surface area (Å²) in [6, 6.07) is 7.65. The first-order chi connectivity index (χ1) is 9.71. The zero-order valence-corrected chi connectivity index (χ0v) is 12.4. The normalized spacial score (nSPS) is 10.3. The van der Waals surface area contributed by atoms with Gasteiger partial charge in [0, 0.05) is 9.92 Å². The van der Waals surface area contributed by atoms with E-state index in [0.29, 0.717) is 16.8 Å². The largest absolute Gasteiger partial charge is 0.463 e. The summed E-state index contributed by atoms with van der Waals surface area (Å²) < 4.78 is 5.40. The van der Waals surface area contributed by atoms with Gasteiger partial charge in [-0.3, -0.25) is 5.43 Å². The Kier molecular flexibility index (Phi) is 5.40. The molecule has 0 radical (unpaired) electrons. The van der Waals surface area contributed by atoms with Crippen molar-refractivity contribution in [2.24, 2.45) is 5.84 Å². The summed E-state index contributed by atoms with van der Waals surface area (Å²) in [5.41, 5.74) is 2.40. The molecule has 106 valence electrons. The Bertz CT molecular complexity index is 566. The Balaban J connectivity index is 2.19. The number of nitrogens with zero attached hydrogens (tertiary/aromatic N) is 3. The summed E-state index contributed by atoms with van der Waals surface area (Å²) in [7, 11) is 0. The molecule has 0 aliphatic rings. The van der Waals surface area contributed by atoms with Crippen molar-refractivity contribution >= 4 is 29.3 Å². The van der Waals surface area contributed by atoms with Crippen molar-refractivity contribution in [1.82, 2.24) is 15.0 Å². The van der Waals surface area contributed by atoms with E-state index in [1.807, 2.05) is 31.2 Å². The standard InChI is InChI=1S/C12H14ClN5OS/c1-2-7-19-11-15-10(18-14)16-12(17-11)20-9-5-3-8(13)4-6-9/h3-6H,2,7,14H2,1H3,(H,15,16,17,18). The molecule has 3 N–H and O–H groups in total. The van der Waals surface area contributed by atoms with Crippen molar-refractivity contribution in [2.75, 3.05) is 12.0 Å². The fraction of sp³-hybridized carbons (Fsp3) is 0.250. The third kappa shape index (κ3) is 4.22. The topological polar surface area (TPSA) is 86.0 Å². The fourth-order valence-electron chi connectivity index (χ4n) is 1.31. The summed E-state index contributed by atoms with van der Waals surface area (Å²) in [5.74, 6) is 5.61. The minimum atomic E-state index is 0.256. The quantitative estimate of drug-likeness (QED) is 0.626. The number of hydrogen-bond donors (Lipinski definition) is 2. The van der Waals surface area contributed by atoms with Crippen LogP contribution >= 0.6 is 23.4 Å². The van der Waals surface area contributed by atoms with Gasteiger partial charge in [0.15, 0.2) is 0 Å². The smallest absolute Gasteiger partial charge is 0.322 e. The maximum absolute atomic E-state index is 5.85. The average Bonchev–Trinajstić information content (AvgIpc) is 2.47. The highest BCUT2D eigenvalue weighted by molar-refractivity contribution is 7.99. The number of hydrazine groups is 1. The number of benzene rings is 1. The highest BCUT2D eigenvalue weighted by atomic mass is 35.5. The number of hydrogen-bond acceptors (Lipinski definition) is 7. The van der Waals surface area contributed by atoms with E-state index in [0.717, 1.165) is 11.3 Å². The maximum atomic E-state index is 5.85. The first kappa shape index (κ1) is 14.8. The molecule has 0 aliphatic heterocycles. The van der Waals surface area contributed by atoms with Crippen LogP contribution in [-0.2, 0) is 0 Å². The molecule has 2 aromatic rings. The number of halogens is 1. The van der Waals surface area contributed by atoms with Crippen LogP contribution in [0.3, 0.4) is 0 Å². The average molecular weight is 312 g/mol. The third-order valence-electron chi connectivity index (χ3n) is 2.18. The number of nitrogens with two attached hydrogens (primary N) is 1. The van der Waals surface area contributed by atoms with Crippen LogP contribution in [0, 0.1) is 0 Å². The summed E-state index contributed by atoms with van der Waals surface area (Å²) in [6.45, 7) is 2.55. The Morgan fingerprint density at radius 1 is 1.25 bits per heavy atom. The molecule has 0 atom stereocenters. The van der Waals surface area contributed by atoms with Crippen molar-refractivity contribution in [2.45, 2.75) is 23.4 Å². The van der Waals surface area contributed by atoms with Gasteiger partial charge in [0.2, 0.25) is 11.1 Å². The molecule has 6 nitrogen and oxygen atoms in total. The first-order valence-electron chi connectivity index (χ1n) is 6.00. The lowest BCUT2D eigenvalue weighted by atomic mass is 10.4. The van der Waals surface area contributed by atoms with Crippen LogP contribution in [0.25, 0.3) is 0 Å². The molecule has 0 saturated carbocycles. The van der Waals surface area contributed by atoms with Gasteiger partial charge in [-0.05, 0) is 42.4 Å². The van der Waals surface area contributed by atoms with Crippen LogP contribution in [0.2, 0.25) is 5.02 Å². The molecular formula is C12H14ClN5OS. The van der Waals surface area contributed by atoms with Crippen LogP contribution in [0.15, 0.2) is 34.3 Å². The predicted molar refractivity (Wildman–Crippen MR) is 79.0 cm³/mol. The Hall–Kier alpha value is -1.57. The van der Waals surface area contributed by atoms with Gasteiger partial charge in [0.1, 0.15) is 0 Å². The van der Waals surface area contributed by atoms with Gasteiger partial charge in [0.05, 0.1) is 6.61 Å². The minimum absolute atomic E-state index is 0.256. The lowest BCUT2D eigenvalue weighted by molar-refractivity contribution is 0.288. The van der Waals surface area contributed by atoms with E-state index in [9.17, 15) is 0 Å².